The predicted octanol–water partition coefficient (Wildman–Crippen LogP) is 2.94. The zero-order valence-electron chi connectivity index (χ0n) is 14.9. The van der Waals surface area contributed by atoms with Gasteiger partial charge in [0, 0.05) is 24.6 Å². The van der Waals surface area contributed by atoms with Gasteiger partial charge in [-0.15, -0.1) is 6.58 Å². The SMILES string of the molecule is C=CCSCCNC(=NCC(C)Oc1ccccc1OC)NCC. The number of methoxy groups -OCH3 is 1. The fraction of sp³-hybridized carbons (Fsp3) is 0.500. The molecule has 2 N–H and O–H groups in total. The molecule has 0 fully saturated rings. The molecule has 24 heavy (non-hydrogen) atoms. The molecule has 0 saturated heterocycles. The minimum atomic E-state index is -0.0492. The van der Waals surface area contributed by atoms with Crippen LogP contribution >= 0.6 is 11.8 Å². The lowest BCUT2D eigenvalue weighted by Gasteiger charge is -2.16. The summed E-state index contributed by atoms with van der Waals surface area (Å²) in [6, 6.07) is 7.64. The number of aliphatic imine (C=N–C) groups is 1. The van der Waals surface area contributed by atoms with Crippen LogP contribution < -0.4 is 20.1 Å². The smallest absolute Gasteiger partial charge is 0.191 e. The highest BCUT2D eigenvalue weighted by Gasteiger charge is 2.08. The van der Waals surface area contributed by atoms with Crippen molar-refractivity contribution in [2.45, 2.75) is 20.0 Å². The summed E-state index contributed by atoms with van der Waals surface area (Å²) < 4.78 is 11.2. The summed E-state index contributed by atoms with van der Waals surface area (Å²) in [5.41, 5.74) is 0. The summed E-state index contributed by atoms with van der Waals surface area (Å²) in [7, 11) is 1.64. The van der Waals surface area contributed by atoms with Crippen LogP contribution in [0.2, 0.25) is 0 Å². The largest absolute Gasteiger partial charge is 0.493 e. The maximum absolute atomic E-state index is 5.92. The van der Waals surface area contributed by atoms with Crippen LogP contribution in [-0.2, 0) is 0 Å². The summed E-state index contributed by atoms with van der Waals surface area (Å²) in [5, 5.41) is 6.57. The molecule has 0 amide bonds. The van der Waals surface area contributed by atoms with Crippen molar-refractivity contribution in [3.8, 4) is 11.5 Å². The first-order valence-electron chi connectivity index (χ1n) is 8.21. The van der Waals surface area contributed by atoms with E-state index in [0.29, 0.717) is 6.54 Å². The summed E-state index contributed by atoms with van der Waals surface area (Å²) >= 11 is 1.84. The highest BCUT2D eigenvalue weighted by molar-refractivity contribution is 7.99. The summed E-state index contributed by atoms with van der Waals surface area (Å²) in [6.07, 6.45) is 1.87. The number of ether oxygens (including phenoxy) is 2. The van der Waals surface area contributed by atoms with Crippen LogP contribution in [0.4, 0.5) is 0 Å². The van der Waals surface area contributed by atoms with Gasteiger partial charge in [0.15, 0.2) is 17.5 Å². The monoisotopic (exact) mass is 351 g/mol. The molecule has 1 unspecified atom stereocenters. The average molecular weight is 352 g/mol. The lowest BCUT2D eigenvalue weighted by Crippen LogP contribution is -2.39. The Bertz CT molecular complexity index is 509. The lowest BCUT2D eigenvalue weighted by atomic mass is 10.3. The fourth-order valence-electron chi connectivity index (χ4n) is 1.94. The van der Waals surface area contributed by atoms with E-state index in [1.807, 2.05) is 49.0 Å². The predicted molar refractivity (Wildman–Crippen MR) is 105 cm³/mol. The lowest BCUT2D eigenvalue weighted by molar-refractivity contribution is 0.219. The van der Waals surface area contributed by atoms with Gasteiger partial charge in [0.25, 0.3) is 0 Å². The Morgan fingerprint density at radius 2 is 2.08 bits per heavy atom. The Morgan fingerprint density at radius 3 is 2.75 bits per heavy atom. The number of guanidine groups is 1. The molecule has 0 bridgehead atoms. The van der Waals surface area contributed by atoms with Crippen molar-refractivity contribution in [2.24, 2.45) is 4.99 Å². The second kappa shape index (κ2) is 12.6. The second-order valence-electron chi connectivity index (χ2n) is 5.09. The molecule has 0 aliphatic carbocycles. The first kappa shape index (κ1) is 20.2. The standard InChI is InChI=1S/C18H29N3O2S/c1-5-12-24-13-11-20-18(19-6-2)21-14-15(3)23-17-10-8-7-9-16(17)22-4/h5,7-10,15H,1,6,11-14H2,2-4H3,(H2,19,20,21). The summed E-state index contributed by atoms with van der Waals surface area (Å²) in [5.74, 6) is 4.27. The van der Waals surface area contributed by atoms with Crippen molar-refractivity contribution < 1.29 is 9.47 Å². The second-order valence-corrected chi connectivity index (χ2v) is 6.24. The number of benzene rings is 1. The summed E-state index contributed by atoms with van der Waals surface area (Å²) in [4.78, 5) is 4.58. The van der Waals surface area contributed by atoms with Gasteiger partial charge in [-0.05, 0) is 26.0 Å². The molecule has 0 saturated carbocycles. The van der Waals surface area contributed by atoms with Gasteiger partial charge in [0.2, 0.25) is 0 Å². The van der Waals surface area contributed by atoms with E-state index in [-0.39, 0.29) is 6.10 Å². The van der Waals surface area contributed by atoms with Crippen molar-refractivity contribution in [3.05, 3.63) is 36.9 Å². The number of nitrogens with one attached hydrogen (secondary N) is 2. The highest BCUT2D eigenvalue weighted by Crippen LogP contribution is 2.26. The maximum atomic E-state index is 5.92. The highest BCUT2D eigenvalue weighted by atomic mass is 32.2. The number of para-hydroxylation sites is 2. The Balaban J connectivity index is 2.47. The van der Waals surface area contributed by atoms with Crippen LogP contribution in [0.1, 0.15) is 13.8 Å². The van der Waals surface area contributed by atoms with Gasteiger partial charge in [0.1, 0.15) is 6.10 Å². The van der Waals surface area contributed by atoms with Crippen LogP contribution in [0.5, 0.6) is 11.5 Å². The van der Waals surface area contributed by atoms with Gasteiger partial charge >= 0.3 is 0 Å². The Morgan fingerprint density at radius 1 is 1.33 bits per heavy atom. The molecule has 1 aromatic rings. The molecular weight excluding hydrogens is 322 g/mol. The van der Waals surface area contributed by atoms with Crippen molar-refractivity contribution in [2.75, 3.05) is 38.2 Å². The molecule has 0 aliphatic rings. The molecule has 6 heteroatoms. The van der Waals surface area contributed by atoms with Crippen molar-refractivity contribution in [3.63, 3.8) is 0 Å². The molecule has 1 atom stereocenters. The molecule has 0 aliphatic heterocycles. The van der Waals surface area contributed by atoms with E-state index in [1.165, 1.54) is 0 Å². The minimum absolute atomic E-state index is 0.0492. The third kappa shape index (κ3) is 8.15. The van der Waals surface area contributed by atoms with Gasteiger partial charge in [0.05, 0.1) is 13.7 Å². The van der Waals surface area contributed by atoms with Gasteiger partial charge in [-0.2, -0.15) is 11.8 Å². The third-order valence-corrected chi connectivity index (χ3v) is 3.99. The van der Waals surface area contributed by atoms with E-state index in [9.17, 15) is 0 Å². The van der Waals surface area contributed by atoms with Gasteiger partial charge in [-0.25, -0.2) is 4.99 Å². The number of thioether (sulfide) groups is 1. The van der Waals surface area contributed by atoms with Gasteiger partial charge < -0.3 is 20.1 Å². The van der Waals surface area contributed by atoms with E-state index in [2.05, 4.69) is 29.1 Å². The van der Waals surface area contributed by atoms with Crippen LogP contribution in [0, 0.1) is 0 Å². The van der Waals surface area contributed by atoms with Crippen molar-refractivity contribution in [1.82, 2.24) is 10.6 Å². The third-order valence-electron chi connectivity index (χ3n) is 3.02. The molecule has 0 aromatic heterocycles. The Hall–Kier alpha value is -1.82. The molecular formula is C18H29N3O2S. The first-order valence-corrected chi connectivity index (χ1v) is 9.37. The van der Waals surface area contributed by atoms with Gasteiger partial charge in [-0.3, -0.25) is 0 Å². The van der Waals surface area contributed by atoms with E-state index >= 15 is 0 Å². The molecule has 1 aromatic carbocycles. The molecule has 0 spiro atoms. The average Bonchev–Trinajstić information content (AvgIpc) is 2.60. The zero-order chi connectivity index (χ0) is 17.6. The minimum Gasteiger partial charge on any atom is -0.493 e. The topological polar surface area (TPSA) is 54.9 Å². The summed E-state index contributed by atoms with van der Waals surface area (Å²) in [6.45, 7) is 10.0. The van der Waals surface area contributed by atoms with Crippen molar-refractivity contribution >= 4 is 17.7 Å². The quantitative estimate of drug-likeness (QED) is 0.278. The Kier molecular flexibility index (Phi) is 10.6. The van der Waals surface area contributed by atoms with Gasteiger partial charge in [-0.1, -0.05) is 18.2 Å². The fourth-order valence-corrected chi connectivity index (χ4v) is 2.52. The molecule has 1 rings (SSSR count). The van der Waals surface area contributed by atoms with Crippen LogP contribution in [0.3, 0.4) is 0 Å². The Labute approximate surface area is 149 Å². The van der Waals surface area contributed by atoms with Crippen LogP contribution in [-0.4, -0.2) is 50.3 Å². The maximum Gasteiger partial charge on any atom is 0.191 e. The number of hydrogen-bond donors (Lipinski definition) is 2. The van der Waals surface area contributed by atoms with Crippen LogP contribution in [0.25, 0.3) is 0 Å². The number of hydrogen-bond acceptors (Lipinski definition) is 4. The molecule has 5 nitrogen and oxygen atoms in total. The molecule has 134 valence electrons. The zero-order valence-corrected chi connectivity index (χ0v) is 15.7. The van der Waals surface area contributed by atoms with Crippen molar-refractivity contribution in [1.29, 1.82) is 0 Å². The first-order chi connectivity index (χ1) is 11.7. The normalized spacial score (nSPS) is 12.4. The van der Waals surface area contributed by atoms with E-state index in [4.69, 9.17) is 9.47 Å². The van der Waals surface area contributed by atoms with Crippen LogP contribution in [0.15, 0.2) is 41.9 Å². The van der Waals surface area contributed by atoms with E-state index < -0.39 is 0 Å². The molecule has 0 heterocycles. The number of nitrogens with zero attached hydrogens (tertiary/aromatic N) is 1. The number of rotatable bonds is 11. The van der Waals surface area contributed by atoms with E-state index in [1.54, 1.807) is 7.11 Å². The molecule has 0 radical (unpaired) electrons. The van der Waals surface area contributed by atoms with E-state index in [0.717, 1.165) is 42.1 Å².